The van der Waals surface area contributed by atoms with Crippen LogP contribution in [0.1, 0.15) is 48.9 Å². The Balaban J connectivity index is 1.64. The van der Waals surface area contributed by atoms with Crippen molar-refractivity contribution in [3.05, 3.63) is 52.9 Å². The van der Waals surface area contributed by atoms with E-state index in [1.54, 1.807) is 0 Å². The highest BCUT2D eigenvalue weighted by molar-refractivity contribution is 5.88. The van der Waals surface area contributed by atoms with Crippen LogP contribution in [0.4, 0.5) is 0 Å². The highest BCUT2D eigenvalue weighted by Gasteiger charge is 2.30. The number of rotatable bonds is 7. The zero-order valence-electron chi connectivity index (χ0n) is 18.4. The molecule has 7 nitrogen and oxygen atoms in total. The lowest BCUT2D eigenvalue weighted by Gasteiger charge is -2.36. The lowest BCUT2D eigenvalue weighted by molar-refractivity contribution is -0.138. The maximum Gasteiger partial charge on any atom is 0.249 e. The van der Waals surface area contributed by atoms with Gasteiger partial charge in [-0.1, -0.05) is 49.3 Å². The van der Waals surface area contributed by atoms with Crippen LogP contribution in [0.5, 0.6) is 0 Å². The van der Waals surface area contributed by atoms with Crippen molar-refractivity contribution >= 4 is 11.8 Å². The summed E-state index contributed by atoms with van der Waals surface area (Å²) in [6, 6.07) is 8.84. The summed E-state index contributed by atoms with van der Waals surface area (Å²) in [6.07, 6.45) is 0.405. The van der Waals surface area contributed by atoms with E-state index in [1.807, 2.05) is 62.9 Å². The number of piperazine rings is 1. The van der Waals surface area contributed by atoms with Crippen LogP contribution >= 0.6 is 0 Å². The maximum absolute atomic E-state index is 13.3. The molecule has 0 bridgehead atoms. The van der Waals surface area contributed by atoms with Gasteiger partial charge in [-0.15, -0.1) is 0 Å². The van der Waals surface area contributed by atoms with Gasteiger partial charge < -0.3 is 14.7 Å². The molecule has 1 aromatic heterocycles. The van der Waals surface area contributed by atoms with Crippen molar-refractivity contribution in [1.82, 2.24) is 20.3 Å². The fourth-order valence-electron chi connectivity index (χ4n) is 3.78. The quantitative estimate of drug-likeness (QED) is 0.757. The predicted molar refractivity (Wildman–Crippen MR) is 115 cm³/mol. The first-order chi connectivity index (χ1) is 14.3. The van der Waals surface area contributed by atoms with Gasteiger partial charge >= 0.3 is 0 Å². The largest absolute Gasteiger partial charge is 0.361 e. The van der Waals surface area contributed by atoms with E-state index in [1.165, 1.54) is 0 Å². The Morgan fingerprint density at radius 1 is 1.10 bits per heavy atom. The first kappa shape index (κ1) is 22.0. The van der Waals surface area contributed by atoms with Gasteiger partial charge in [-0.25, -0.2) is 0 Å². The van der Waals surface area contributed by atoms with E-state index in [4.69, 9.17) is 4.52 Å². The normalized spacial score (nSPS) is 16.0. The molecule has 2 aromatic rings. The van der Waals surface area contributed by atoms with E-state index >= 15 is 0 Å². The number of nitrogens with one attached hydrogen (secondary N) is 1. The van der Waals surface area contributed by atoms with Crippen molar-refractivity contribution in [2.75, 3.05) is 26.2 Å². The van der Waals surface area contributed by atoms with Crippen molar-refractivity contribution in [2.24, 2.45) is 5.92 Å². The van der Waals surface area contributed by atoms with Crippen molar-refractivity contribution in [3.63, 3.8) is 0 Å². The molecule has 7 heteroatoms. The Morgan fingerprint density at radius 2 is 1.77 bits per heavy atom. The predicted octanol–water partition coefficient (Wildman–Crippen LogP) is 2.84. The van der Waals surface area contributed by atoms with E-state index in [0.29, 0.717) is 19.5 Å². The molecule has 162 valence electrons. The minimum atomic E-state index is -0.647. The standard InChI is InChI=1S/C23H32N4O3/c1-16(2)14-21(28)24-22(19-8-6-5-7-9-19)23(29)27-12-10-26(11-13-27)15-20-17(3)25-30-18(20)4/h5-9,16,22H,10-15H2,1-4H3,(H,24,28). The van der Waals surface area contributed by atoms with Gasteiger partial charge in [-0.3, -0.25) is 14.5 Å². The molecule has 1 fully saturated rings. The zero-order chi connectivity index (χ0) is 21.7. The second kappa shape index (κ2) is 9.89. The summed E-state index contributed by atoms with van der Waals surface area (Å²) in [6.45, 7) is 11.5. The smallest absolute Gasteiger partial charge is 0.249 e. The molecule has 1 N–H and O–H groups in total. The van der Waals surface area contributed by atoms with E-state index in [2.05, 4.69) is 15.4 Å². The van der Waals surface area contributed by atoms with Gasteiger partial charge in [-0.2, -0.15) is 0 Å². The topological polar surface area (TPSA) is 78.7 Å². The molecular weight excluding hydrogens is 380 g/mol. The van der Waals surface area contributed by atoms with Crippen LogP contribution < -0.4 is 5.32 Å². The molecule has 0 spiro atoms. The summed E-state index contributed by atoms with van der Waals surface area (Å²) in [5, 5.41) is 6.98. The van der Waals surface area contributed by atoms with Crippen LogP contribution in [0.2, 0.25) is 0 Å². The Kier molecular flexibility index (Phi) is 7.26. The van der Waals surface area contributed by atoms with Gasteiger partial charge in [-0.05, 0) is 25.3 Å². The van der Waals surface area contributed by atoms with Crippen molar-refractivity contribution in [3.8, 4) is 0 Å². The molecule has 1 aliphatic rings. The number of aryl methyl sites for hydroxylation is 2. The van der Waals surface area contributed by atoms with Crippen LogP contribution in [0, 0.1) is 19.8 Å². The zero-order valence-corrected chi connectivity index (χ0v) is 18.4. The molecule has 0 aliphatic carbocycles. The Hall–Kier alpha value is -2.67. The van der Waals surface area contributed by atoms with Crippen molar-refractivity contribution in [2.45, 2.75) is 46.7 Å². The molecular formula is C23H32N4O3. The molecule has 0 saturated carbocycles. The second-order valence-corrected chi connectivity index (χ2v) is 8.41. The summed E-state index contributed by atoms with van der Waals surface area (Å²) < 4.78 is 5.26. The van der Waals surface area contributed by atoms with Crippen LogP contribution in [-0.2, 0) is 16.1 Å². The van der Waals surface area contributed by atoms with Gasteiger partial charge in [0.15, 0.2) is 0 Å². The van der Waals surface area contributed by atoms with Crippen LogP contribution in [0.25, 0.3) is 0 Å². The number of hydrogen-bond acceptors (Lipinski definition) is 5. The first-order valence-electron chi connectivity index (χ1n) is 10.6. The Morgan fingerprint density at radius 3 is 2.33 bits per heavy atom. The minimum Gasteiger partial charge on any atom is -0.361 e. The number of aromatic nitrogens is 1. The molecule has 3 rings (SSSR count). The van der Waals surface area contributed by atoms with Crippen molar-refractivity contribution < 1.29 is 14.1 Å². The number of carbonyl (C=O) groups excluding carboxylic acids is 2. The van der Waals surface area contributed by atoms with E-state index in [9.17, 15) is 9.59 Å². The number of nitrogens with zero attached hydrogens (tertiary/aromatic N) is 3. The SMILES string of the molecule is Cc1noc(C)c1CN1CCN(C(=O)C(NC(=O)CC(C)C)c2ccccc2)CC1. The van der Waals surface area contributed by atoms with E-state index in [0.717, 1.165) is 42.2 Å². The van der Waals surface area contributed by atoms with E-state index < -0.39 is 6.04 Å². The number of hydrogen-bond donors (Lipinski definition) is 1. The fraction of sp³-hybridized carbons (Fsp3) is 0.522. The number of amides is 2. The summed E-state index contributed by atoms with van der Waals surface area (Å²) >= 11 is 0. The van der Waals surface area contributed by atoms with Gasteiger partial charge in [0.25, 0.3) is 0 Å². The summed E-state index contributed by atoms with van der Waals surface area (Å²) in [7, 11) is 0. The highest BCUT2D eigenvalue weighted by atomic mass is 16.5. The highest BCUT2D eigenvalue weighted by Crippen LogP contribution is 2.20. The third-order valence-corrected chi connectivity index (χ3v) is 5.53. The third kappa shape index (κ3) is 5.48. The molecule has 0 radical (unpaired) electrons. The molecule has 2 amide bonds. The number of carbonyl (C=O) groups is 2. The van der Waals surface area contributed by atoms with Crippen LogP contribution in [-0.4, -0.2) is 52.9 Å². The molecule has 1 aliphatic heterocycles. The van der Waals surface area contributed by atoms with Gasteiger partial charge in [0.2, 0.25) is 11.8 Å². The van der Waals surface area contributed by atoms with Gasteiger partial charge in [0.05, 0.1) is 5.69 Å². The Bertz CT molecular complexity index is 835. The van der Waals surface area contributed by atoms with Gasteiger partial charge in [0, 0.05) is 44.7 Å². The minimum absolute atomic E-state index is 0.0460. The van der Waals surface area contributed by atoms with Gasteiger partial charge in [0.1, 0.15) is 11.8 Å². The lowest BCUT2D eigenvalue weighted by Crippen LogP contribution is -2.52. The third-order valence-electron chi connectivity index (χ3n) is 5.53. The molecule has 2 heterocycles. The molecule has 1 saturated heterocycles. The lowest BCUT2D eigenvalue weighted by atomic mass is 10.0. The molecule has 1 aromatic carbocycles. The van der Waals surface area contributed by atoms with Crippen LogP contribution in [0.3, 0.4) is 0 Å². The monoisotopic (exact) mass is 412 g/mol. The molecule has 30 heavy (non-hydrogen) atoms. The maximum atomic E-state index is 13.3. The fourth-order valence-corrected chi connectivity index (χ4v) is 3.78. The molecule has 1 atom stereocenters. The summed E-state index contributed by atoms with van der Waals surface area (Å²) in [5.41, 5.74) is 2.86. The first-order valence-corrected chi connectivity index (χ1v) is 10.6. The average molecular weight is 413 g/mol. The molecule has 1 unspecified atom stereocenters. The van der Waals surface area contributed by atoms with Crippen molar-refractivity contribution in [1.29, 1.82) is 0 Å². The van der Waals surface area contributed by atoms with E-state index in [-0.39, 0.29) is 17.7 Å². The second-order valence-electron chi connectivity index (χ2n) is 8.41. The Labute approximate surface area is 178 Å². The number of benzene rings is 1. The summed E-state index contributed by atoms with van der Waals surface area (Å²) in [4.78, 5) is 29.9. The average Bonchev–Trinajstić information content (AvgIpc) is 3.04. The van der Waals surface area contributed by atoms with Crippen LogP contribution in [0.15, 0.2) is 34.9 Å². The summed E-state index contributed by atoms with van der Waals surface area (Å²) in [5.74, 6) is 0.951.